The Morgan fingerprint density at radius 3 is 1.36 bits per heavy atom. The van der Waals surface area contributed by atoms with Crippen LogP contribution >= 0.6 is 0 Å². The summed E-state index contributed by atoms with van der Waals surface area (Å²) in [7, 11) is 2.19. The van der Waals surface area contributed by atoms with Gasteiger partial charge in [0.25, 0.3) is 11.8 Å². The third-order valence-electron chi connectivity index (χ3n) is 8.50. The van der Waals surface area contributed by atoms with E-state index < -0.39 is 77.7 Å². The van der Waals surface area contributed by atoms with E-state index >= 15 is 0 Å². The first-order valence-corrected chi connectivity index (χ1v) is 19.0. The molecule has 0 unspecified atom stereocenters. The molecule has 5 N–H and O–H groups in total. The molecule has 17 nitrogen and oxygen atoms in total. The van der Waals surface area contributed by atoms with E-state index in [4.69, 9.17) is 14.2 Å². The molecule has 2 aromatic carbocycles. The minimum absolute atomic E-state index is 0.0148. The minimum Gasteiger partial charge on any atom is -0.467 e. The molecular weight excluding hydrogens is 768 g/mol. The molecule has 322 valence electrons. The molecule has 0 bridgehead atoms. The first kappa shape index (κ1) is 49.2. The number of nitrogens with one attached hydrogen (secondary N) is 2. The van der Waals surface area contributed by atoms with Crippen molar-refractivity contribution >= 4 is 53.7 Å². The number of carbonyl (C=O) groups is 7. The summed E-state index contributed by atoms with van der Waals surface area (Å²) in [6.07, 6.45) is 4.29. The zero-order valence-corrected chi connectivity index (χ0v) is 34.1. The van der Waals surface area contributed by atoms with Crippen LogP contribution in [0.4, 0.5) is 0 Å². The van der Waals surface area contributed by atoms with E-state index in [0.29, 0.717) is 10.1 Å². The zero-order valence-electron chi connectivity index (χ0n) is 34.1. The minimum atomic E-state index is -2.77. The number of hydrogen-bond donors (Lipinski definition) is 5. The molecule has 0 saturated carbocycles. The second kappa shape index (κ2) is 24.8. The predicted molar refractivity (Wildman–Crippen MR) is 214 cm³/mol. The highest BCUT2D eigenvalue weighted by Gasteiger charge is 2.44. The van der Waals surface area contributed by atoms with Crippen molar-refractivity contribution in [3.63, 3.8) is 0 Å². The molecule has 0 spiro atoms. The zero-order chi connectivity index (χ0) is 44.0. The molecule has 0 aliphatic heterocycles. The molecule has 59 heavy (non-hydrogen) atoms. The van der Waals surface area contributed by atoms with Gasteiger partial charge in [0.15, 0.2) is 5.60 Å². The molecular formula is C42H56N4O13. The van der Waals surface area contributed by atoms with Crippen molar-refractivity contribution < 1.29 is 63.3 Å². The van der Waals surface area contributed by atoms with Gasteiger partial charge in [0.2, 0.25) is 11.8 Å². The standard InChI is InChI=1S/C42H56N4O13/c1-41(2,3)59-40(53)42(54,28-34(47)43-32(38(51)57-4)20-12-14-26-45(55)36(49)24-22-30-16-8-6-9-17-30)29-35(48)44-33(39(52)58-5)21-13-15-27-46(56)37(50)25-23-31-18-10-7-11-19-31/h6-11,16-19,22-25,32-33,54-56H,12-15,20-21,26-29H2,1-5H3,(H,43,47)(H,44,48)/b24-22+,25-23+/t32-,33-/m0/s1. The lowest BCUT2D eigenvalue weighted by Gasteiger charge is -2.30. The van der Waals surface area contributed by atoms with Crippen LogP contribution in [0.3, 0.4) is 0 Å². The first-order valence-electron chi connectivity index (χ1n) is 19.0. The van der Waals surface area contributed by atoms with Gasteiger partial charge in [-0.3, -0.25) is 29.6 Å². The SMILES string of the molecule is COC(=O)[C@H](CCCCN(O)C(=O)/C=C/c1ccccc1)NC(=O)CC(O)(CC(=O)N[C@@H](CCCCN(O)C(=O)/C=C/c1ccccc1)C(=O)OC)C(=O)OC(C)(C)C. The number of rotatable bonds is 23. The fourth-order valence-electron chi connectivity index (χ4n) is 5.46. The quantitative estimate of drug-likeness (QED) is 0.0270. The molecule has 0 fully saturated rings. The van der Waals surface area contributed by atoms with E-state index in [0.717, 1.165) is 25.3 Å². The Balaban J connectivity index is 2.02. The summed E-state index contributed by atoms with van der Waals surface area (Å²) >= 11 is 0. The van der Waals surface area contributed by atoms with Crippen molar-refractivity contribution in [1.29, 1.82) is 0 Å². The normalized spacial score (nSPS) is 12.6. The van der Waals surface area contributed by atoms with Crippen LogP contribution in [0.2, 0.25) is 0 Å². The lowest BCUT2D eigenvalue weighted by molar-refractivity contribution is -0.181. The third kappa shape index (κ3) is 18.9. The van der Waals surface area contributed by atoms with Crippen molar-refractivity contribution in [2.75, 3.05) is 27.3 Å². The van der Waals surface area contributed by atoms with E-state index in [2.05, 4.69) is 10.6 Å². The molecule has 2 rings (SSSR count). The smallest absolute Gasteiger partial charge is 0.339 e. The number of unbranched alkanes of at least 4 members (excludes halogenated alkanes) is 2. The molecule has 17 heteroatoms. The average molecular weight is 825 g/mol. The number of hydroxylamine groups is 4. The number of nitrogens with zero attached hydrogens (tertiary/aromatic N) is 2. The number of carbonyl (C=O) groups excluding carboxylic acids is 7. The average Bonchev–Trinajstić information content (AvgIpc) is 3.20. The summed E-state index contributed by atoms with van der Waals surface area (Å²) in [6.45, 7) is 4.34. The Morgan fingerprint density at radius 2 is 1.02 bits per heavy atom. The summed E-state index contributed by atoms with van der Waals surface area (Å²) in [6, 6.07) is 15.4. The van der Waals surface area contributed by atoms with Gasteiger partial charge in [0.05, 0.1) is 27.1 Å². The molecule has 0 saturated heterocycles. The predicted octanol–water partition coefficient (Wildman–Crippen LogP) is 3.36. The molecule has 0 aromatic heterocycles. The Bertz CT molecular complexity index is 1650. The number of methoxy groups -OCH3 is 2. The summed E-state index contributed by atoms with van der Waals surface area (Å²) in [5.41, 5.74) is -2.40. The van der Waals surface area contributed by atoms with Crippen LogP contribution in [0.5, 0.6) is 0 Å². The van der Waals surface area contributed by atoms with Crippen molar-refractivity contribution in [3.8, 4) is 0 Å². The number of aliphatic hydroxyl groups is 1. The molecule has 0 aliphatic carbocycles. The van der Waals surface area contributed by atoms with E-state index in [1.165, 1.54) is 32.9 Å². The maximum absolute atomic E-state index is 13.3. The van der Waals surface area contributed by atoms with Crippen molar-refractivity contribution in [2.45, 2.75) is 95.4 Å². The molecule has 2 atom stereocenters. The van der Waals surface area contributed by atoms with E-state index in [1.807, 2.05) is 12.1 Å². The van der Waals surface area contributed by atoms with Gasteiger partial charge >= 0.3 is 17.9 Å². The lowest BCUT2D eigenvalue weighted by atomic mass is 9.93. The van der Waals surface area contributed by atoms with Crippen LogP contribution in [0.1, 0.15) is 83.3 Å². The summed E-state index contributed by atoms with van der Waals surface area (Å²) in [5.74, 6) is -6.37. The number of benzene rings is 2. The number of amides is 4. The number of hydrogen-bond acceptors (Lipinski definition) is 13. The Kier molecular flexibility index (Phi) is 20.7. The topological polar surface area (TPSA) is 238 Å². The van der Waals surface area contributed by atoms with Gasteiger partial charge in [-0.05, 0) is 82.6 Å². The Morgan fingerprint density at radius 1 is 0.644 bits per heavy atom. The summed E-state index contributed by atoms with van der Waals surface area (Å²) in [5, 5.41) is 37.7. The summed E-state index contributed by atoms with van der Waals surface area (Å²) in [4.78, 5) is 89.6. The summed E-state index contributed by atoms with van der Waals surface area (Å²) < 4.78 is 14.9. The monoisotopic (exact) mass is 824 g/mol. The van der Waals surface area contributed by atoms with Crippen LogP contribution in [-0.2, 0) is 47.8 Å². The Labute approximate surface area is 343 Å². The highest BCUT2D eigenvalue weighted by atomic mass is 16.6. The van der Waals surface area contributed by atoms with Crippen molar-refractivity contribution in [3.05, 3.63) is 83.9 Å². The van der Waals surface area contributed by atoms with Crippen LogP contribution in [0.25, 0.3) is 12.2 Å². The van der Waals surface area contributed by atoms with Gasteiger partial charge in [-0.2, -0.15) is 0 Å². The van der Waals surface area contributed by atoms with Crippen molar-refractivity contribution in [1.82, 2.24) is 20.8 Å². The molecule has 4 amide bonds. The van der Waals surface area contributed by atoms with Gasteiger partial charge in [-0.25, -0.2) is 24.5 Å². The fraction of sp³-hybridized carbons (Fsp3) is 0.452. The van der Waals surface area contributed by atoms with Crippen molar-refractivity contribution in [2.24, 2.45) is 0 Å². The second-order valence-electron chi connectivity index (χ2n) is 14.6. The molecule has 0 heterocycles. The van der Waals surface area contributed by atoms with Crippen LogP contribution in [0.15, 0.2) is 72.8 Å². The van der Waals surface area contributed by atoms with Crippen LogP contribution < -0.4 is 10.6 Å². The molecule has 0 aliphatic rings. The third-order valence-corrected chi connectivity index (χ3v) is 8.50. The highest BCUT2D eigenvalue weighted by Crippen LogP contribution is 2.23. The number of esters is 3. The van der Waals surface area contributed by atoms with Gasteiger partial charge in [0, 0.05) is 25.2 Å². The highest BCUT2D eigenvalue weighted by molar-refractivity contribution is 5.95. The van der Waals surface area contributed by atoms with Gasteiger partial charge in [-0.1, -0.05) is 60.7 Å². The largest absolute Gasteiger partial charge is 0.467 e. The molecule has 2 aromatic rings. The second-order valence-corrected chi connectivity index (χ2v) is 14.6. The first-order chi connectivity index (χ1) is 27.9. The fourth-order valence-corrected chi connectivity index (χ4v) is 5.46. The maximum atomic E-state index is 13.3. The van der Waals surface area contributed by atoms with Gasteiger partial charge in [-0.15, -0.1) is 0 Å². The van der Waals surface area contributed by atoms with E-state index in [1.54, 1.807) is 60.7 Å². The van der Waals surface area contributed by atoms with E-state index in [9.17, 15) is 49.1 Å². The number of ether oxygens (including phenoxy) is 3. The van der Waals surface area contributed by atoms with Crippen LogP contribution in [0, 0.1) is 0 Å². The Hall–Kier alpha value is -5.91. The van der Waals surface area contributed by atoms with Gasteiger partial charge < -0.3 is 30.0 Å². The van der Waals surface area contributed by atoms with E-state index in [-0.39, 0.29) is 51.6 Å². The van der Waals surface area contributed by atoms with Crippen LogP contribution in [-0.4, -0.2) is 118 Å². The van der Waals surface area contributed by atoms with Gasteiger partial charge in [0.1, 0.15) is 17.7 Å². The lowest BCUT2D eigenvalue weighted by Crippen LogP contribution is -2.53. The maximum Gasteiger partial charge on any atom is 0.339 e. The molecule has 0 radical (unpaired) electrons.